The highest BCUT2D eigenvalue weighted by atomic mass is 32.1. The standard InChI is InChI=1S/C15H23N3OS/c1-4-13(19)17-7-9-18(10-8-17)15(16-5-2)14-12(3)6-11-20-14/h6,11H,4-5,7-10H2,1-3H3. The van der Waals surface area contributed by atoms with Gasteiger partial charge in [-0.3, -0.25) is 9.79 Å². The van der Waals surface area contributed by atoms with Crippen molar-refractivity contribution in [2.24, 2.45) is 4.99 Å². The van der Waals surface area contributed by atoms with Gasteiger partial charge in [-0.05, 0) is 30.9 Å². The molecule has 0 radical (unpaired) electrons. The second kappa shape index (κ2) is 6.88. The Morgan fingerprint density at radius 3 is 2.40 bits per heavy atom. The normalized spacial score (nSPS) is 16.6. The fourth-order valence-corrected chi connectivity index (χ4v) is 3.42. The van der Waals surface area contributed by atoms with Crippen molar-refractivity contribution in [1.82, 2.24) is 9.80 Å². The molecule has 1 saturated heterocycles. The van der Waals surface area contributed by atoms with Crippen LogP contribution in [0.5, 0.6) is 0 Å². The lowest BCUT2D eigenvalue weighted by molar-refractivity contribution is -0.132. The fourth-order valence-electron chi connectivity index (χ4n) is 2.46. The van der Waals surface area contributed by atoms with E-state index in [1.807, 2.05) is 11.8 Å². The van der Waals surface area contributed by atoms with Gasteiger partial charge in [0.2, 0.25) is 5.91 Å². The van der Waals surface area contributed by atoms with Gasteiger partial charge >= 0.3 is 0 Å². The zero-order valence-corrected chi connectivity index (χ0v) is 13.4. The van der Waals surface area contributed by atoms with Crippen LogP contribution in [0.25, 0.3) is 0 Å². The van der Waals surface area contributed by atoms with E-state index in [0.717, 1.165) is 38.6 Å². The molecule has 1 fully saturated rings. The van der Waals surface area contributed by atoms with Gasteiger partial charge < -0.3 is 9.80 Å². The molecule has 0 N–H and O–H groups in total. The Balaban J connectivity index is 2.09. The quantitative estimate of drug-likeness (QED) is 0.633. The number of piperazine rings is 1. The first-order valence-electron chi connectivity index (χ1n) is 7.29. The molecule has 0 saturated carbocycles. The predicted octanol–water partition coefficient (Wildman–Crippen LogP) is 2.38. The Kier molecular flexibility index (Phi) is 5.17. The number of carbonyl (C=O) groups is 1. The van der Waals surface area contributed by atoms with Crippen LogP contribution in [0.1, 0.15) is 30.7 Å². The average Bonchev–Trinajstić information content (AvgIpc) is 2.90. The van der Waals surface area contributed by atoms with E-state index in [1.165, 1.54) is 10.4 Å². The van der Waals surface area contributed by atoms with Gasteiger partial charge in [-0.2, -0.15) is 0 Å². The van der Waals surface area contributed by atoms with Crippen molar-refractivity contribution in [2.75, 3.05) is 32.7 Å². The molecule has 0 spiro atoms. The summed E-state index contributed by atoms with van der Waals surface area (Å²) in [4.78, 5) is 22.0. The summed E-state index contributed by atoms with van der Waals surface area (Å²) in [7, 11) is 0. The Morgan fingerprint density at radius 1 is 1.25 bits per heavy atom. The molecule has 0 aromatic carbocycles. The maximum absolute atomic E-state index is 11.7. The van der Waals surface area contributed by atoms with Crippen LogP contribution in [0.2, 0.25) is 0 Å². The lowest BCUT2D eigenvalue weighted by atomic mass is 10.2. The van der Waals surface area contributed by atoms with Gasteiger partial charge in [0, 0.05) is 39.1 Å². The van der Waals surface area contributed by atoms with Crippen molar-refractivity contribution in [3.63, 3.8) is 0 Å². The lowest BCUT2D eigenvalue weighted by Gasteiger charge is -2.36. The monoisotopic (exact) mass is 293 g/mol. The van der Waals surface area contributed by atoms with E-state index in [-0.39, 0.29) is 5.91 Å². The van der Waals surface area contributed by atoms with E-state index in [2.05, 4.69) is 30.2 Å². The van der Waals surface area contributed by atoms with Crippen LogP contribution < -0.4 is 0 Å². The zero-order chi connectivity index (χ0) is 14.5. The lowest BCUT2D eigenvalue weighted by Crippen LogP contribution is -2.50. The molecule has 0 aliphatic carbocycles. The number of rotatable bonds is 3. The molecule has 1 aromatic heterocycles. The van der Waals surface area contributed by atoms with E-state index in [9.17, 15) is 4.79 Å². The Labute approximate surface area is 125 Å². The molecular weight excluding hydrogens is 270 g/mol. The summed E-state index contributed by atoms with van der Waals surface area (Å²) in [5.74, 6) is 1.36. The number of amides is 1. The molecule has 20 heavy (non-hydrogen) atoms. The van der Waals surface area contributed by atoms with Crippen molar-refractivity contribution in [1.29, 1.82) is 0 Å². The van der Waals surface area contributed by atoms with Crippen LogP contribution in [-0.2, 0) is 4.79 Å². The first kappa shape index (κ1) is 15.0. The third-order valence-electron chi connectivity index (χ3n) is 3.61. The number of amidine groups is 1. The Morgan fingerprint density at radius 2 is 1.90 bits per heavy atom. The maximum Gasteiger partial charge on any atom is 0.222 e. The summed E-state index contributed by atoms with van der Waals surface area (Å²) in [5, 5.41) is 2.12. The SMILES string of the molecule is CCN=C(c1sccc1C)N1CCN(C(=O)CC)CC1. The number of thiophene rings is 1. The molecule has 0 bridgehead atoms. The number of carbonyl (C=O) groups excluding carboxylic acids is 1. The van der Waals surface area contributed by atoms with Crippen LogP contribution >= 0.6 is 11.3 Å². The topological polar surface area (TPSA) is 35.9 Å². The van der Waals surface area contributed by atoms with Crippen molar-refractivity contribution in [2.45, 2.75) is 27.2 Å². The highest BCUT2D eigenvalue weighted by Crippen LogP contribution is 2.20. The molecule has 110 valence electrons. The molecular formula is C15H23N3OS. The summed E-state index contributed by atoms with van der Waals surface area (Å²) in [6, 6.07) is 2.14. The van der Waals surface area contributed by atoms with Gasteiger partial charge in [-0.25, -0.2) is 0 Å². The predicted molar refractivity (Wildman–Crippen MR) is 84.6 cm³/mol. The molecule has 1 amide bonds. The fraction of sp³-hybridized carbons (Fsp3) is 0.600. The van der Waals surface area contributed by atoms with Crippen molar-refractivity contribution < 1.29 is 4.79 Å². The molecule has 1 aliphatic heterocycles. The van der Waals surface area contributed by atoms with E-state index < -0.39 is 0 Å². The summed E-state index contributed by atoms with van der Waals surface area (Å²) in [6.45, 7) is 10.3. The summed E-state index contributed by atoms with van der Waals surface area (Å²) in [6.07, 6.45) is 0.597. The molecule has 1 aromatic rings. The Bertz CT molecular complexity index is 487. The minimum Gasteiger partial charge on any atom is -0.352 e. The molecule has 2 heterocycles. The van der Waals surface area contributed by atoms with Gasteiger partial charge in [0.15, 0.2) is 0 Å². The average molecular weight is 293 g/mol. The van der Waals surface area contributed by atoms with Crippen LogP contribution in [0.15, 0.2) is 16.4 Å². The van der Waals surface area contributed by atoms with E-state index >= 15 is 0 Å². The van der Waals surface area contributed by atoms with Gasteiger partial charge in [0.05, 0.1) is 4.88 Å². The van der Waals surface area contributed by atoms with Crippen LogP contribution in [0.3, 0.4) is 0 Å². The molecule has 0 atom stereocenters. The second-order valence-electron chi connectivity index (χ2n) is 4.95. The molecule has 5 heteroatoms. The smallest absolute Gasteiger partial charge is 0.222 e. The summed E-state index contributed by atoms with van der Waals surface area (Å²) < 4.78 is 0. The number of aryl methyl sites for hydroxylation is 1. The van der Waals surface area contributed by atoms with E-state index in [1.54, 1.807) is 11.3 Å². The van der Waals surface area contributed by atoms with Crippen molar-refractivity contribution in [3.05, 3.63) is 21.9 Å². The van der Waals surface area contributed by atoms with Gasteiger partial charge in [-0.1, -0.05) is 6.92 Å². The van der Waals surface area contributed by atoms with Gasteiger partial charge in [-0.15, -0.1) is 11.3 Å². The number of nitrogens with zero attached hydrogens (tertiary/aromatic N) is 3. The maximum atomic E-state index is 11.7. The minimum atomic E-state index is 0.255. The van der Waals surface area contributed by atoms with E-state index in [4.69, 9.17) is 4.99 Å². The number of hydrogen-bond donors (Lipinski definition) is 0. The molecule has 2 rings (SSSR count). The van der Waals surface area contributed by atoms with Crippen LogP contribution in [-0.4, -0.2) is 54.3 Å². The van der Waals surface area contributed by atoms with Crippen LogP contribution in [0, 0.1) is 6.92 Å². The summed E-state index contributed by atoms with van der Waals surface area (Å²) >= 11 is 1.75. The third-order valence-corrected chi connectivity index (χ3v) is 4.62. The first-order chi connectivity index (χ1) is 9.67. The minimum absolute atomic E-state index is 0.255. The van der Waals surface area contributed by atoms with Crippen molar-refractivity contribution >= 4 is 23.1 Å². The molecule has 4 nitrogen and oxygen atoms in total. The Hall–Kier alpha value is -1.36. The van der Waals surface area contributed by atoms with Crippen LogP contribution in [0.4, 0.5) is 0 Å². The number of hydrogen-bond acceptors (Lipinski definition) is 3. The first-order valence-corrected chi connectivity index (χ1v) is 8.17. The highest BCUT2D eigenvalue weighted by Gasteiger charge is 2.23. The molecule has 1 aliphatic rings. The van der Waals surface area contributed by atoms with Gasteiger partial charge in [0.25, 0.3) is 0 Å². The number of aliphatic imine (C=N–C) groups is 1. The van der Waals surface area contributed by atoms with Crippen molar-refractivity contribution in [3.8, 4) is 0 Å². The third kappa shape index (κ3) is 3.20. The largest absolute Gasteiger partial charge is 0.352 e. The molecule has 0 unspecified atom stereocenters. The zero-order valence-electron chi connectivity index (χ0n) is 12.6. The van der Waals surface area contributed by atoms with E-state index in [0.29, 0.717) is 6.42 Å². The highest BCUT2D eigenvalue weighted by molar-refractivity contribution is 7.12. The second-order valence-corrected chi connectivity index (χ2v) is 5.87. The summed E-state index contributed by atoms with van der Waals surface area (Å²) in [5.41, 5.74) is 1.29. The van der Waals surface area contributed by atoms with Gasteiger partial charge in [0.1, 0.15) is 5.84 Å².